The van der Waals surface area contributed by atoms with Crippen LogP contribution >= 0.6 is 0 Å². The summed E-state index contributed by atoms with van der Waals surface area (Å²) in [5.74, 6) is -2.31. The number of carbonyl (C=O) groups excluding carboxylic acids is 1. The van der Waals surface area contributed by atoms with E-state index in [4.69, 9.17) is 5.73 Å². The number of aryl methyl sites for hydroxylation is 2. The Balaban J connectivity index is 2.05. The number of urea groups is 1. The predicted octanol–water partition coefficient (Wildman–Crippen LogP) is 4.58. The molecule has 0 fully saturated rings. The minimum absolute atomic E-state index is 0.0872. The molecule has 2 N–H and O–H groups in total. The second kappa shape index (κ2) is 7.18. The molecule has 4 rings (SSSR count). The Morgan fingerprint density at radius 3 is 2.40 bits per heavy atom. The van der Waals surface area contributed by atoms with Crippen molar-refractivity contribution in [2.45, 2.75) is 6.92 Å². The Bertz CT molecular complexity index is 1280. The third-order valence-electron chi connectivity index (χ3n) is 4.73. The number of carbonyl (C=O) groups is 1. The van der Waals surface area contributed by atoms with E-state index in [9.17, 15) is 18.0 Å². The highest BCUT2D eigenvalue weighted by atomic mass is 19.1. The van der Waals surface area contributed by atoms with Crippen LogP contribution < -0.4 is 10.6 Å². The summed E-state index contributed by atoms with van der Waals surface area (Å²) < 4.78 is 44.2. The number of anilines is 2. The molecule has 0 radical (unpaired) electrons. The molecule has 2 aromatic heterocycles. The van der Waals surface area contributed by atoms with E-state index >= 15 is 0 Å². The van der Waals surface area contributed by atoms with Gasteiger partial charge in [-0.25, -0.2) is 32.8 Å². The van der Waals surface area contributed by atoms with Crippen molar-refractivity contribution in [1.82, 2.24) is 14.5 Å². The second-order valence-electron chi connectivity index (χ2n) is 6.74. The number of hydrogen-bond acceptors (Lipinski definition) is 3. The number of para-hydroxylation sites is 1. The number of aromatic nitrogens is 3. The van der Waals surface area contributed by atoms with Crippen molar-refractivity contribution in [2.75, 3.05) is 4.90 Å². The van der Waals surface area contributed by atoms with Crippen LogP contribution in [0.4, 0.5) is 29.5 Å². The molecule has 0 aliphatic carbocycles. The van der Waals surface area contributed by atoms with E-state index in [1.54, 1.807) is 30.8 Å². The van der Waals surface area contributed by atoms with E-state index in [0.717, 1.165) is 12.1 Å². The molecule has 0 aliphatic heterocycles. The summed E-state index contributed by atoms with van der Waals surface area (Å²) in [6.45, 7) is 1.68. The maximum atomic E-state index is 14.5. The maximum Gasteiger partial charge on any atom is 0.325 e. The SMILES string of the molecule is Cc1cc(F)ccc1-c1nc(N(C(N)=O)c2c(F)cccc2F)c2ccn(C)c2n1. The van der Waals surface area contributed by atoms with Gasteiger partial charge in [0.15, 0.2) is 11.6 Å². The van der Waals surface area contributed by atoms with Gasteiger partial charge in [-0.3, -0.25) is 0 Å². The first-order valence-electron chi connectivity index (χ1n) is 8.91. The van der Waals surface area contributed by atoms with Crippen molar-refractivity contribution in [3.05, 3.63) is 71.7 Å². The first kappa shape index (κ1) is 19.4. The molecule has 0 spiro atoms. The van der Waals surface area contributed by atoms with E-state index in [-0.39, 0.29) is 11.6 Å². The minimum atomic E-state index is -1.12. The zero-order chi connectivity index (χ0) is 21.6. The van der Waals surface area contributed by atoms with Gasteiger partial charge in [-0.05, 0) is 48.9 Å². The molecule has 6 nitrogen and oxygen atoms in total. The summed E-state index contributed by atoms with van der Waals surface area (Å²) in [7, 11) is 1.72. The molecule has 30 heavy (non-hydrogen) atoms. The number of hydrogen-bond donors (Lipinski definition) is 1. The van der Waals surface area contributed by atoms with Gasteiger partial charge in [0, 0.05) is 18.8 Å². The van der Waals surface area contributed by atoms with Crippen molar-refractivity contribution in [3.63, 3.8) is 0 Å². The Kier molecular flexibility index (Phi) is 4.65. The summed E-state index contributed by atoms with van der Waals surface area (Å²) >= 11 is 0. The zero-order valence-electron chi connectivity index (χ0n) is 16.0. The Labute approximate surface area is 169 Å². The lowest BCUT2D eigenvalue weighted by molar-refractivity contribution is 0.255. The molecule has 0 bridgehead atoms. The number of halogens is 3. The van der Waals surface area contributed by atoms with Gasteiger partial charge in [0.25, 0.3) is 0 Å². The minimum Gasteiger partial charge on any atom is -0.351 e. The Hall–Kier alpha value is -3.88. The summed E-state index contributed by atoms with van der Waals surface area (Å²) in [6, 6.07) is 7.77. The number of amides is 2. The third-order valence-corrected chi connectivity index (χ3v) is 4.73. The Morgan fingerprint density at radius 2 is 1.77 bits per heavy atom. The summed E-state index contributed by atoms with van der Waals surface area (Å²) in [5, 5.41) is 0.363. The van der Waals surface area contributed by atoms with Crippen molar-refractivity contribution in [2.24, 2.45) is 12.8 Å². The van der Waals surface area contributed by atoms with E-state index in [1.165, 1.54) is 24.3 Å². The molecule has 0 unspecified atom stereocenters. The summed E-state index contributed by atoms with van der Waals surface area (Å²) in [5.41, 5.74) is 6.33. The largest absolute Gasteiger partial charge is 0.351 e. The van der Waals surface area contributed by atoms with Gasteiger partial charge in [-0.15, -0.1) is 0 Å². The average molecular weight is 411 g/mol. The number of rotatable bonds is 3. The molecular formula is C21H16F3N5O. The van der Waals surface area contributed by atoms with Gasteiger partial charge in [0.05, 0.1) is 5.39 Å². The lowest BCUT2D eigenvalue weighted by atomic mass is 10.1. The highest BCUT2D eigenvalue weighted by Gasteiger charge is 2.27. The van der Waals surface area contributed by atoms with Crippen LogP contribution in [0, 0.1) is 24.4 Å². The fraction of sp³-hybridized carbons (Fsp3) is 0.0952. The fourth-order valence-electron chi connectivity index (χ4n) is 3.31. The summed E-state index contributed by atoms with van der Waals surface area (Å²) in [4.78, 5) is 21.9. The van der Waals surface area contributed by atoms with Crippen LogP contribution in [0.3, 0.4) is 0 Å². The van der Waals surface area contributed by atoms with Gasteiger partial charge in [0.1, 0.15) is 28.8 Å². The molecule has 2 amide bonds. The number of benzene rings is 2. The highest BCUT2D eigenvalue weighted by Crippen LogP contribution is 2.35. The number of fused-ring (bicyclic) bond motifs is 1. The van der Waals surface area contributed by atoms with E-state index in [1.807, 2.05) is 0 Å². The molecular weight excluding hydrogens is 395 g/mol. The lowest BCUT2D eigenvalue weighted by Gasteiger charge is -2.22. The van der Waals surface area contributed by atoms with Crippen LogP contribution in [-0.2, 0) is 7.05 Å². The van der Waals surface area contributed by atoms with Crippen molar-refractivity contribution in [3.8, 4) is 11.4 Å². The molecule has 2 heterocycles. The van der Waals surface area contributed by atoms with Gasteiger partial charge in [0.2, 0.25) is 0 Å². The topological polar surface area (TPSA) is 77.0 Å². The molecule has 9 heteroatoms. The van der Waals surface area contributed by atoms with Gasteiger partial charge < -0.3 is 10.3 Å². The zero-order valence-corrected chi connectivity index (χ0v) is 16.0. The lowest BCUT2D eigenvalue weighted by Crippen LogP contribution is -2.34. The molecule has 152 valence electrons. The monoisotopic (exact) mass is 411 g/mol. The van der Waals surface area contributed by atoms with E-state index in [0.29, 0.717) is 27.1 Å². The Morgan fingerprint density at radius 1 is 1.07 bits per heavy atom. The smallest absolute Gasteiger partial charge is 0.325 e. The standard InChI is InChI=1S/C21H16F3N5O/c1-11-10-12(22)6-7-13(11)18-26-19-14(8-9-28(19)2)20(27-18)29(21(25)30)17-15(23)4-3-5-16(17)24/h3-10H,1-2H3,(H2,25,30). The summed E-state index contributed by atoms with van der Waals surface area (Å²) in [6.07, 6.45) is 1.67. The number of nitrogens with two attached hydrogens (primary N) is 1. The molecule has 0 atom stereocenters. The molecule has 2 aromatic carbocycles. The van der Waals surface area contributed by atoms with Gasteiger partial charge in [-0.1, -0.05) is 6.07 Å². The quantitative estimate of drug-likeness (QED) is 0.536. The van der Waals surface area contributed by atoms with Gasteiger partial charge >= 0.3 is 6.03 Å². The first-order chi connectivity index (χ1) is 14.3. The molecule has 0 aliphatic rings. The van der Waals surface area contributed by atoms with E-state index < -0.39 is 29.2 Å². The third kappa shape index (κ3) is 3.14. The van der Waals surface area contributed by atoms with Crippen LogP contribution in [0.5, 0.6) is 0 Å². The molecule has 0 saturated heterocycles. The second-order valence-corrected chi connectivity index (χ2v) is 6.74. The fourth-order valence-corrected chi connectivity index (χ4v) is 3.31. The van der Waals surface area contributed by atoms with Crippen molar-refractivity contribution >= 4 is 28.6 Å². The molecule has 4 aromatic rings. The maximum absolute atomic E-state index is 14.5. The van der Waals surface area contributed by atoms with Gasteiger partial charge in [-0.2, -0.15) is 0 Å². The highest BCUT2D eigenvalue weighted by molar-refractivity contribution is 6.05. The van der Waals surface area contributed by atoms with Crippen LogP contribution in [-0.4, -0.2) is 20.6 Å². The average Bonchev–Trinajstić information content (AvgIpc) is 3.05. The van der Waals surface area contributed by atoms with Crippen LogP contribution in [0.15, 0.2) is 48.7 Å². The van der Waals surface area contributed by atoms with Crippen molar-refractivity contribution < 1.29 is 18.0 Å². The first-order valence-corrected chi connectivity index (χ1v) is 8.91. The normalized spacial score (nSPS) is 11.1. The van der Waals surface area contributed by atoms with Crippen LogP contribution in [0.1, 0.15) is 5.56 Å². The molecule has 0 saturated carbocycles. The van der Waals surface area contributed by atoms with Crippen LogP contribution in [0.25, 0.3) is 22.4 Å². The van der Waals surface area contributed by atoms with Crippen LogP contribution in [0.2, 0.25) is 0 Å². The van der Waals surface area contributed by atoms with E-state index in [2.05, 4.69) is 9.97 Å². The number of primary amides is 1. The van der Waals surface area contributed by atoms with Crippen molar-refractivity contribution in [1.29, 1.82) is 0 Å². The predicted molar refractivity (Wildman–Crippen MR) is 107 cm³/mol. The number of nitrogens with zero attached hydrogens (tertiary/aromatic N) is 4.